The van der Waals surface area contributed by atoms with Gasteiger partial charge in [-0.05, 0) is 12.8 Å². The zero-order valence-electron chi connectivity index (χ0n) is 9.47. The van der Waals surface area contributed by atoms with Gasteiger partial charge >= 0.3 is 0 Å². The monoisotopic (exact) mass is 238 g/mol. The number of aromatic nitrogens is 1. The molecular formula is C12H18N2OS. The van der Waals surface area contributed by atoms with Crippen LogP contribution in [0.5, 0.6) is 0 Å². The van der Waals surface area contributed by atoms with Crippen LogP contribution in [-0.2, 0) is 11.3 Å². The van der Waals surface area contributed by atoms with Crippen LogP contribution in [0.3, 0.4) is 0 Å². The number of rotatable bonds is 2. The maximum atomic E-state index is 5.87. The van der Waals surface area contributed by atoms with Crippen molar-refractivity contribution in [2.24, 2.45) is 0 Å². The average Bonchev–Trinajstić information content (AvgIpc) is 2.82. The molecule has 0 N–H and O–H groups in total. The van der Waals surface area contributed by atoms with E-state index in [0.717, 1.165) is 19.7 Å². The van der Waals surface area contributed by atoms with E-state index in [1.54, 1.807) is 11.3 Å². The number of hydrogen-bond donors (Lipinski definition) is 0. The van der Waals surface area contributed by atoms with Gasteiger partial charge in [0.1, 0.15) is 0 Å². The van der Waals surface area contributed by atoms with E-state index in [1.807, 2.05) is 5.51 Å². The van der Waals surface area contributed by atoms with Crippen LogP contribution >= 0.6 is 11.3 Å². The van der Waals surface area contributed by atoms with E-state index in [-0.39, 0.29) is 0 Å². The van der Waals surface area contributed by atoms with Crippen molar-refractivity contribution in [3.63, 3.8) is 0 Å². The largest absolute Gasteiger partial charge is 0.375 e. The van der Waals surface area contributed by atoms with E-state index in [2.05, 4.69) is 15.3 Å². The van der Waals surface area contributed by atoms with Crippen molar-refractivity contribution in [1.29, 1.82) is 0 Å². The highest BCUT2D eigenvalue weighted by atomic mass is 32.1. The van der Waals surface area contributed by atoms with Crippen LogP contribution in [0.2, 0.25) is 0 Å². The molecule has 2 fully saturated rings. The van der Waals surface area contributed by atoms with Gasteiger partial charge in [-0.15, -0.1) is 11.3 Å². The van der Waals surface area contributed by atoms with Gasteiger partial charge in [0.15, 0.2) is 0 Å². The summed E-state index contributed by atoms with van der Waals surface area (Å²) in [6.45, 7) is 2.97. The van der Waals surface area contributed by atoms with Crippen LogP contribution in [0.15, 0.2) is 10.9 Å². The Bertz CT molecular complexity index is 326. The molecule has 3 rings (SSSR count). The van der Waals surface area contributed by atoms with Gasteiger partial charge in [0.05, 0.1) is 23.9 Å². The van der Waals surface area contributed by atoms with Crippen molar-refractivity contribution >= 4 is 11.3 Å². The molecule has 1 saturated carbocycles. The van der Waals surface area contributed by atoms with E-state index in [1.165, 1.54) is 31.4 Å². The molecular weight excluding hydrogens is 220 g/mol. The number of morpholine rings is 1. The second-order valence-electron chi connectivity index (χ2n) is 4.71. The fourth-order valence-corrected chi connectivity index (χ4v) is 3.45. The molecule has 1 aliphatic carbocycles. The molecule has 0 amide bonds. The zero-order chi connectivity index (χ0) is 10.8. The first-order valence-corrected chi connectivity index (χ1v) is 7.10. The Kier molecular flexibility index (Phi) is 3.22. The highest BCUT2D eigenvalue weighted by Gasteiger charge is 2.34. The van der Waals surface area contributed by atoms with Crippen LogP contribution in [0, 0.1) is 0 Å². The lowest BCUT2D eigenvalue weighted by Gasteiger charge is -2.43. The van der Waals surface area contributed by atoms with E-state index >= 15 is 0 Å². The first kappa shape index (κ1) is 10.7. The lowest BCUT2D eigenvalue weighted by atomic mass is 9.90. The maximum absolute atomic E-state index is 5.87. The molecule has 0 bridgehead atoms. The minimum Gasteiger partial charge on any atom is -0.375 e. The second-order valence-corrected chi connectivity index (χ2v) is 5.43. The Morgan fingerprint density at radius 1 is 1.44 bits per heavy atom. The standard InChI is InChI=1S/C12H18N2OS/c1-2-4-12-11(3-1)14(5-6-15-12)7-10-8-16-9-13-10/h8-9,11-12H,1-7H2/t11-,12+/m1/s1. The molecule has 88 valence electrons. The van der Waals surface area contributed by atoms with Gasteiger partial charge in [0, 0.05) is 24.5 Å². The van der Waals surface area contributed by atoms with Crippen molar-refractivity contribution in [1.82, 2.24) is 9.88 Å². The van der Waals surface area contributed by atoms with Crippen LogP contribution in [0.25, 0.3) is 0 Å². The van der Waals surface area contributed by atoms with Crippen molar-refractivity contribution in [2.45, 2.75) is 44.4 Å². The van der Waals surface area contributed by atoms with Crippen LogP contribution in [-0.4, -0.2) is 35.2 Å². The summed E-state index contributed by atoms with van der Waals surface area (Å²) < 4.78 is 5.87. The minimum atomic E-state index is 0.487. The number of ether oxygens (including phenoxy) is 1. The summed E-state index contributed by atoms with van der Waals surface area (Å²) >= 11 is 1.69. The molecule has 2 heterocycles. The van der Waals surface area contributed by atoms with E-state index in [4.69, 9.17) is 4.74 Å². The number of thiazole rings is 1. The van der Waals surface area contributed by atoms with Crippen LogP contribution in [0.4, 0.5) is 0 Å². The molecule has 3 nitrogen and oxygen atoms in total. The van der Waals surface area contributed by atoms with E-state index in [0.29, 0.717) is 12.1 Å². The van der Waals surface area contributed by atoms with E-state index in [9.17, 15) is 0 Å². The van der Waals surface area contributed by atoms with Gasteiger partial charge in [0.25, 0.3) is 0 Å². The minimum absolute atomic E-state index is 0.487. The van der Waals surface area contributed by atoms with Crippen molar-refractivity contribution in [3.05, 3.63) is 16.6 Å². The van der Waals surface area contributed by atoms with Gasteiger partial charge in [-0.2, -0.15) is 0 Å². The normalized spacial score (nSPS) is 31.2. The third kappa shape index (κ3) is 2.14. The summed E-state index contributed by atoms with van der Waals surface area (Å²) in [7, 11) is 0. The summed E-state index contributed by atoms with van der Waals surface area (Å²) in [6, 6.07) is 0.643. The van der Waals surface area contributed by atoms with Gasteiger partial charge in [-0.3, -0.25) is 4.90 Å². The fourth-order valence-electron chi connectivity index (χ4n) is 2.90. The lowest BCUT2D eigenvalue weighted by molar-refractivity contribution is -0.0914. The topological polar surface area (TPSA) is 25.4 Å². The Morgan fingerprint density at radius 2 is 2.38 bits per heavy atom. The molecule has 0 radical (unpaired) electrons. The summed E-state index contributed by atoms with van der Waals surface area (Å²) in [5.74, 6) is 0. The van der Waals surface area contributed by atoms with Gasteiger partial charge in [-0.25, -0.2) is 4.98 Å². The summed E-state index contributed by atoms with van der Waals surface area (Å²) in [5, 5.41) is 2.16. The van der Waals surface area contributed by atoms with Crippen molar-refractivity contribution < 1.29 is 4.74 Å². The molecule has 2 aliphatic rings. The first-order chi connectivity index (χ1) is 7.93. The summed E-state index contributed by atoms with van der Waals surface area (Å²) in [5.41, 5.74) is 3.14. The number of hydrogen-bond acceptors (Lipinski definition) is 4. The molecule has 1 saturated heterocycles. The molecule has 1 aliphatic heterocycles. The fraction of sp³-hybridized carbons (Fsp3) is 0.750. The molecule has 16 heavy (non-hydrogen) atoms. The zero-order valence-corrected chi connectivity index (χ0v) is 10.3. The molecule has 1 aromatic rings. The first-order valence-electron chi connectivity index (χ1n) is 6.16. The van der Waals surface area contributed by atoms with Gasteiger partial charge < -0.3 is 4.74 Å². The predicted octanol–water partition coefficient (Wildman–Crippen LogP) is 2.29. The van der Waals surface area contributed by atoms with Gasteiger partial charge in [0.2, 0.25) is 0 Å². The Labute approximate surface area is 100 Å². The summed E-state index contributed by atoms with van der Waals surface area (Å²) in [6.07, 6.45) is 5.73. The quantitative estimate of drug-likeness (QED) is 0.790. The smallest absolute Gasteiger partial charge is 0.0795 e. The molecule has 0 spiro atoms. The lowest BCUT2D eigenvalue weighted by Crippen LogP contribution is -2.52. The molecule has 2 atom stereocenters. The molecule has 1 aromatic heterocycles. The maximum Gasteiger partial charge on any atom is 0.0795 e. The van der Waals surface area contributed by atoms with Crippen molar-refractivity contribution in [3.8, 4) is 0 Å². The number of fused-ring (bicyclic) bond motifs is 1. The average molecular weight is 238 g/mol. The van der Waals surface area contributed by atoms with Gasteiger partial charge in [-0.1, -0.05) is 12.8 Å². The molecule has 4 heteroatoms. The highest BCUT2D eigenvalue weighted by molar-refractivity contribution is 7.07. The number of nitrogens with zero attached hydrogens (tertiary/aromatic N) is 2. The second kappa shape index (κ2) is 4.82. The SMILES string of the molecule is c1nc(CN2CCO[C@H]3CCCC[C@H]32)cs1. The Morgan fingerprint density at radius 3 is 3.25 bits per heavy atom. The summed E-state index contributed by atoms with van der Waals surface area (Å²) in [4.78, 5) is 6.96. The molecule has 0 aromatic carbocycles. The Hall–Kier alpha value is -0.450. The highest BCUT2D eigenvalue weighted by Crippen LogP contribution is 2.29. The Balaban J connectivity index is 1.68. The van der Waals surface area contributed by atoms with Crippen molar-refractivity contribution in [2.75, 3.05) is 13.2 Å². The van der Waals surface area contributed by atoms with E-state index < -0.39 is 0 Å². The predicted molar refractivity (Wildman–Crippen MR) is 64.5 cm³/mol. The van der Waals surface area contributed by atoms with Crippen LogP contribution in [0.1, 0.15) is 31.4 Å². The van der Waals surface area contributed by atoms with Crippen LogP contribution < -0.4 is 0 Å². The molecule has 0 unspecified atom stereocenters. The third-order valence-electron chi connectivity index (χ3n) is 3.70. The third-order valence-corrected chi connectivity index (χ3v) is 4.33.